The van der Waals surface area contributed by atoms with Crippen LogP contribution in [0.4, 0.5) is 9.80 Å². The number of amides is 3. The Morgan fingerprint density at radius 1 is 1.44 bits per heavy atom. The molecule has 1 aromatic rings. The van der Waals surface area contributed by atoms with Gasteiger partial charge in [-0.2, -0.15) is 4.37 Å². The minimum Gasteiger partial charge on any atom is -0.365 e. The van der Waals surface area contributed by atoms with E-state index in [1.54, 1.807) is 0 Å². The van der Waals surface area contributed by atoms with Crippen molar-refractivity contribution in [3.05, 3.63) is 5.56 Å². The van der Waals surface area contributed by atoms with Crippen molar-refractivity contribution in [2.75, 3.05) is 18.1 Å². The SMILES string of the molecule is CCS(=O)(=O)c1nsc(NC(=O)NC)c1C(N)=O. The van der Waals surface area contributed by atoms with E-state index in [1.807, 2.05) is 0 Å². The zero-order valence-corrected chi connectivity index (χ0v) is 11.3. The van der Waals surface area contributed by atoms with Gasteiger partial charge < -0.3 is 11.1 Å². The Morgan fingerprint density at radius 2 is 2.06 bits per heavy atom. The van der Waals surface area contributed by atoms with Crippen LogP contribution in [0, 0.1) is 0 Å². The zero-order chi connectivity index (χ0) is 13.9. The number of carbonyl (C=O) groups is 2. The van der Waals surface area contributed by atoms with E-state index in [0.29, 0.717) is 11.5 Å². The molecule has 4 N–H and O–H groups in total. The van der Waals surface area contributed by atoms with Crippen LogP contribution < -0.4 is 16.4 Å². The zero-order valence-electron chi connectivity index (χ0n) is 9.68. The van der Waals surface area contributed by atoms with Gasteiger partial charge in [-0.05, 0) is 11.5 Å². The maximum Gasteiger partial charge on any atom is 0.319 e. The van der Waals surface area contributed by atoms with Gasteiger partial charge in [0, 0.05) is 7.05 Å². The highest BCUT2D eigenvalue weighted by Crippen LogP contribution is 2.28. The highest BCUT2D eigenvalue weighted by Gasteiger charge is 2.28. The highest BCUT2D eigenvalue weighted by atomic mass is 32.2. The molecule has 1 heterocycles. The van der Waals surface area contributed by atoms with Crippen LogP contribution in [0.1, 0.15) is 17.3 Å². The van der Waals surface area contributed by atoms with Crippen LogP contribution in [0.25, 0.3) is 0 Å². The number of urea groups is 1. The Bertz CT molecular complexity index is 578. The van der Waals surface area contributed by atoms with E-state index < -0.39 is 26.8 Å². The first-order valence-electron chi connectivity index (χ1n) is 4.84. The molecule has 0 unspecified atom stereocenters. The lowest BCUT2D eigenvalue weighted by atomic mass is 10.3. The lowest BCUT2D eigenvalue weighted by Crippen LogP contribution is -2.26. The Balaban J connectivity index is 3.33. The highest BCUT2D eigenvalue weighted by molar-refractivity contribution is 7.91. The van der Waals surface area contributed by atoms with Crippen molar-refractivity contribution in [3.8, 4) is 0 Å². The molecule has 0 spiro atoms. The van der Waals surface area contributed by atoms with E-state index in [2.05, 4.69) is 15.0 Å². The number of anilines is 1. The predicted molar refractivity (Wildman–Crippen MR) is 66.4 cm³/mol. The molecule has 1 aromatic heterocycles. The van der Waals surface area contributed by atoms with Gasteiger partial charge in [-0.15, -0.1) is 0 Å². The average Bonchev–Trinajstić information content (AvgIpc) is 2.73. The summed E-state index contributed by atoms with van der Waals surface area (Å²) < 4.78 is 27.1. The topological polar surface area (TPSA) is 131 Å². The lowest BCUT2D eigenvalue weighted by Gasteiger charge is -2.03. The molecule has 18 heavy (non-hydrogen) atoms. The number of nitrogens with one attached hydrogen (secondary N) is 2. The molecule has 3 amide bonds. The van der Waals surface area contributed by atoms with Gasteiger partial charge in [0.2, 0.25) is 0 Å². The van der Waals surface area contributed by atoms with Gasteiger partial charge in [0.15, 0.2) is 14.9 Å². The van der Waals surface area contributed by atoms with Crippen LogP contribution in [0.3, 0.4) is 0 Å². The lowest BCUT2D eigenvalue weighted by molar-refractivity contribution is 0.0998. The van der Waals surface area contributed by atoms with E-state index >= 15 is 0 Å². The molecule has 100 valence electrons. The van der Waals surface area contributed by atoms with Gasteiger partial charge in [-0.25, -0.2) is 13.2 Å². The van der Waals surface area contributed by atoms with Crippen molar-refractivity contribution in [1.82, 2.24) is 9.69 Å². The standard InChI is InChI=1S/C8H12N4O4S2/c1-3-18(15,16)7-4(5(9)13)6(17-12-7)11-8(14)10-2/h3H2,1-2H3,(H2,9,13)(H2,10,11,14). The van der Waals surface area contributed by atoms with Gasteiger partial charge in [0.1, 0.15) is 10.6 Å². The average molecular weight is 292 g/mol. The van der Waals surface area contributed by atoms with Gasteiger partial charge in [-0.3, -0.25) is 10.1 Å². The molecular formula is C8H12N4O4S2. The number of nitrogens with two attached hydrogens (primary N) is 1. The fourth-order valence-corrected chi connectivity index (χ4v) is 3.20. The minimum atomic E-state index is -3.67. The van der Waals surface area contributed by atoms with Crippen molar-refractivity contribution >= 4 is 38.3 Å². The first-order chi connectivity index (χ1) is 8.33. The Kier molecular flexibility index (Phi) is 4.24. The monoisotopic (exact) mass is 292 g/mol. The molecule has 0 atom stereocenters. The van der Waals surface area contributed by atoms with Crippen LogP contribution >= 0.6 is 11.5 Å². The second-order valence-corrected chi connectivity index (χ2v) is 6.13. The van der Waals surface area contributed by atoms with Crippen molar-refractivity contribution in [3.63, 3.8) is 0 Å². The molecule has 0 saturated heterocycles. The maximum atomic E-state index is 11.7. The smallest absolute Gasteiger partial charge is 0.319 e. The van der Waals surface area contributed by atoms with E-state index in [1.165, 1.54) is 14.0 Å². The van der Waals surface area contributed by atoms with Crippen LogP contribution in [0.2, 0.25) is 0 Å². The summed E-state index contributed by atoms with van der Waals surface area (Å²) in [7, 11) is -2.29. The second-order valence-electron chi connectivity index (χ2n) is 3.16. The van der Waals surface area contributed by atoms with E-state index in [0.717, 1.165) is 0 Å². The number of aromatic nitrogens is 1. The van der Waals surface area contributed by atoms with Gasteiger partial charge in [-0.1, -0.05) is 6.92 Å². The molecule has 0 saturated carbocycles. The summed E-state index contributed by atoms with van der Waals surface area (Å²) in [5.41, 5.74) is 4.83. The van der Waals surface area contributed by atoms with Crippen LogP contribution in [0.15, 0.2) is 5.03 Å². The Hall–Kier alpha value is -1.68. The molecule has 0 radical (unpaired) electrons. The summed E-state index contributed by atoms with van der Waals surface area (Å²) >= 11 is 0.688. The third-order valence-corrected chi connectivity index (χ3v) is 4.56. The summed E-state index contributed by atoms with van der Waals surface area (Å²) in [4.78, 5) is 22.4. The summed E-state index contributed by atoms with van der Waals surface area (Å²) in [5.74, 6) is -1.17. The Morgan fingerprint density at radius 3 is 2.50 bits per heavy atom. The second kappa shape index (κ2) is 5.31. The van der Waals surface area contributed by atoms with Crippen molar-refractivity contribution in [2.45, 2.75) is 11.9 Å². The summed E-state index contributed by atoms with van der Waals surface area (Å²) in [6, 6.07) is -0.596. The first kappa shape index (κ1) is 14.4. The van der Waals surface area contributed by atoms with Gasteiger partial charge in [0.25, 0.3) is 5.91 Å². The molecule has 1 rings (SSSR count). The van der Waals surface area contributed by atoms with Crippen molar-refractivity contribution in [1.29, 1.82) is 0 Å². The van der Waals surface area contributed by atoms with E-state index in [4.69, 9.17) is 5.73 Å². The Labute approximate surface area is 108 Å². The van der Waals surface area contributed by atoms with Crippen LogP contribution in [-0.2, 0) is 9.84 Å². The molecule has 0 aromatic carbocycles. The number of hydrogen-bond acceptors (Lipinski definition) is 6. The molecule has 0 fully saturated rings. The van der Waals surface area contributed by atoms with E-state index in [9.17, 15) is 18.0 Å². The number of rotatable bonds is 4. The molecule has 0 bridgehead atoms. The summed E-state index contributed by atoms with van der Waals surface area (Å²) in [5, 5.41) is 4.18. The number of carbonyl (C=O) groups excluding carboxylic acids is 2. The molecule has 0 aliphatic rings. The third kappa shape index (κ3) is 2.76. The quantitative estimate of drug-likeness (QED) is 0.706. The third-order valence-electron chi connectivity index (χ3n) is 2.04. The summed E-state index contributed by atoms with van der Waals surface area (Å²) in [6.45, 7) is 1.42. The van der Waals surface area contributed by atoms with Crippen molar-refractivity contribution in [2.24, 2.45) is 5.73 Å². The number of primary amides is 1. The molecule has 10 heteroatoms. The van der Waals surface area contributed by atoms with Crippen LogP contribution in [-0.4, -0.2) is 37.5 Å². The minimum absolute atomic E-state index is 0.00822. The fourth-order valence-electron chi connectivity index (χ4n) is 1.09. The number of nitrogens with zero attached hydrogens (tertiary/aromatic N) is 1. The number of hydrogen-bond donors (Lipinski definition) is 3. The maximum absolute atomic E-state index is 11.7. The first-order valence-corrected chi connectivity index (χ1v) is 7.27. The molecule has 0 aliphatic carbocycles. The number of sulfone groups is 1. The van der Waals surface area contributed by atoms with Crippen molar-refractivity contribution < 1.29 is 18.0 Å². The summed E-state index contributed by atoms with van der Waals surface area (Å²) in [6.07, 6.45) is 0. The normalized spacial score (nSPS) is 11.0. The fraction of sp³-hybridized carbons (Fsp3) is 0.375. The largest absolute Gasteiger partial charge is 0.365 e. The molecule has 8 nitrogen and oxygen atoms in total. The predicted octanol–water partition coefficient (Wildman–Crippen LogP) is -0.213. The van der Waals surface area contributed by atoms with Gasteiger partial charge in [0.05, 0.1) is 5.75 Å². The van der Waals surface area contributed by atoms with Gasteiger partial charge >= 0.3 is 6.03 Å². The van der Waals surface area contributed by atoms with Crippen LogP contribution in [0.5, 0.6) is 0 Å². The molecule has 0 aliphatic heterocycles. The molecular weight excluding hydrogens is 280 g/mol. The van der Waals surface area contributed by atoms with E-state index in [-0.39, 0.29) is 16.3 Å².